The molecule has 0 fully saturated rings. The Hall–Kier alpha value is -2.21. The van der Waals surface area contributed by atoms with Gasteiger partial charge in [-0.05, 0) is 46.6 Å². The third-order valence-electron chi connectivity index (χ3n) is 2.66. The predicted octanol–water partition coefficient (Wildman–Crippen LogP) is 4.12. The summed E-state index contributed by atoms with van der Waals surface area (Å²) in [5, 5.41) is 20.8. The van der Waals surface area contributed by atoms with Crippen LogP contribution >= 0.6 is 15.9 Å². The highest BCUT2D eigenvalue weighted by molar-refractivity contribution is 9.10. The topological polar surface area (TPSA) is 75.7 Å². The fourth-order valence-electron chi connectivity index (χ4n) is 1.73. The monoisotopic (exact) mass is 334 g/mol. The number of aliphatic imine (C=N–C) groups is 1. The number of phenols is 1. The lowest BCUT2D eigenvalue weighted by Crippen LogP contribution is -1.89. The number of hydrogen-bond acceptors (Lipinski definition) is 4. The van der Waals surface area contributed by atoms with Gasteiger partial charge in [0.15, 0.2) is 0 Å². The fraction of sp³-hybridized carbons (Fsp3) is 0.0714. The first kappa shape index (κ1) is 14.2. The molecule has 2 rings (SSSR count). The van der Waals surface area contributed by atoms with Crippen LogP contribution in [0.5, 0.6) is 5.75 Å². The molecule has 0 aromatic heterocycles. The third-order valence-corrected chi connectivity index (χ3v) is 3.26. The summed E-state index contributed by atoms with van der Waals surface area (Å²) in [5.74, 6) is 0.0536. The number of nitrogens with zero attached hydrogens (tertiary/aromatic N) is 2. The summed E-state index contributed by atoms with van der Waals surface area (Å²) in [4.78, 5) is 14.5. The zero-order chi connectivity index (χ0) is 14.7. The largest absolute Gasteiger partial charge is 0.506 e. The molecule has 102 valence electrons. The standard InChI is InChI=1S/C14H11BrN2O3/c1-9-6-10(14(18)11(15)7-9)8-16-12-4-2-3-5-13(12)17(19)20/h2-8,18H,1H3. The molecule has 20 heavy (non-hydrogen) atoms. The minimum absolute atomic E-state index is 0.0536. The van der Waals surface area contributed by atoms with Crippen molar-refractivity contribution in [3.63, 3.8) is 0 Å². The Labute approximate surface area is 123 Å². The molecular weight excluding hydrogens is 324 g/mol. The van der Waals surface area contributed by atoms with Gasteiger partial charge in [0, 0.05) is 17.8 Å². The van der Waals surface area contributed by atoms with Gasteiger partial charge in [-0.15, -0.1) is 0 Å². The number of aryl methyl sites for hydroxylation is 1. The number of nitro groups is 1. The van der Waals surface area contributed by atoms with Gasteiger partial charge in [-0.1, -0.05) is 12.1 Å². The summed E-state index contributed by atoms with van der Waals surface area (Å²) in [6.07, 6.45) is 1.41. The van der Waals surface area contributed by atoms with E-state index in [0.717, 1.165) is 5.56 Å². The van der Waals surface area contributed by atoms with E-state index in [1.54, 1.807) is 30.3 Å². The maximum Gasteiger partial charge on any atom is 0.294 e. The van der Waals surface area contributed by atoms with Gasteiger partial charge in [0.25, 0.3) is 5.69 Å². The Kier molecular flexibility index (Phi) is 4.14. The van der Waals surface area contributed by atoms with Gasteiger partial charge in [-0.25, -0.2) is 4.99 Å². The van der Waals surface area contributed by atoms with Gasteiger partial charge in [0.2, 0.25) is 0 Å². The molecule has 0 saturated heterocycles. The van der Waals surface area contributed by atoms with Crippen LogP contribution in [-0.4, -0.2) is 16.2 Å². The molecule has 0 heterocycles. The maximum atomic E-state index is 10.9. The van der Waals surface area contributed by atoms with Crippen molar-refractivity contribution >= 4 is 33.5 Å². The van der Waals surface area contributed by atoms with Gasteiger partial charge >= 0.3 is 0 Å². The van der Waals surface area contributed by atoms with E-state index in [1.165, 1.54) is 12.3 Å². The molecule has 2 aromatic carbocycles. The first-order valence-electron chi connectivity index (χ1n) is 5.75. The molecule has 0 aliphatic rings. The van der Waals surface area contributed by atoms with Crippen LogP contribution in [0.15, 0.2) is 45.9 Å². The lowest BCUT2D eigenvalue weighted by Gasteiger charge is -2.03. The van der Waals surface area contributed by atoms with E-state index in [-0.39, 0.29) is 17.1 Å². The zero-order valence-corrected chi connectivity index (χ0v) is 12.2. The molecule has 0 atom stereocenters. The number of hydrogen-bond donors (Lipinski definition) is 1. The third kappa shape index (κ3) is 3.03. The summed E-state index contributed by atoms with van der Waals surface area (Å²) < 4.78 is 0.557. The molecule has 0 aliphatic heterocycles. The van der Waals surface area contributed by atoms with Gasteiger partial charge in [-0.2, -0.15) is 0 Å². The molecule has 0 amide bonds. The number of rotatable bonds is 3. The van der Waals surface area contributed by atoms with Crippen molar-refractivity contribution < 1.29 is 10.0 Å². The van der Waals surface area contributed by atoms with E-state index in [0.29, 0.717) is 10.0 Å². The summed E-state index contributed by atoms with van der Waals surface area (Å²) in [7, 11) is 0. The van der Waals surface area contributed by atoms with E-state index in [9.17, 15) is 15.2 Å². The number of phenolic OH excluding ortho intramolecular Hbond substituents is 1. The first-order chi connectivity index (χ1) is 9.49. The molecule has 0 saturated carbocycles. The van der Waals surface area contributed by atoms with Crippen LogP contribution < -0.4 is 0 Å². The molecule has 2 aromatic rings. The second-order valence-electron chi connectivity index (χ2n) is 4.19. The van der Waals surface area contributed by atoms with E-state index in [2.05, 4.69) is 20.9 Å². The van der Waals surface area contributed by atoms with Crippen LogP contribution in [0.4, 0.5) is 11.4 Å². The summed E-state index contributed by atoms with van der Waals surface area (Å²) in [6, 6.07) is 9.72. The molecule has 1 N–H and O–H groups in total. The van der Waals surface area contributed by atoms with Crippen LogP contribution in [0.1, 0.15) is 11.1 Å². The van der Waals surface area contributed by atoms with E-state index in [1.807, 2.05) is 6.92 Å². The summed E-state index contributed by atoms with van der Waals surface area (Å²) in [6.45, 7) is 1.88. The first-order valence-corrected chi connectivity index (χ1v) is 6.55. The molecule has 0 aliphatic carbocycles. The van der Waals surface area contributed by atoms with Crippen LogP contribution in [-0.2, 0) is 0 Å². The average Bonchev–Trinajstić information content (AvgIpc) is 2.41. The van der Waals surface area contributed by atoms with Crippen molar-refractivity contribution in [2.75, 3.05) is 0 Å². The summed E-state index contributed by atoms with van der Waals surface area (Å²) >= 11 is 3.24. The van der Waals surface area contributed by atoms with Crippen LogP contribution in [0.3, 0.4) is 0 Å². The normalized spacial score (nSPS) is 10.9. The van der Waals surface area contributed by atoms with Gasteiger partial charge < -0.3 is 5.11 Å². The number of halogens is 1. The lowest BCUT2D eigenvalue weighted by atomic mass is 10.1. The average molecular weight is 335 g/mol. The zero-order valence-electron chi connectivity index (χ0n) is 10.6. The van der Waals surface area contributed by atoms with Gasteiger partial charge in [0.05, 0.1) is 9.40 Å². The van der Waals surface area contributed by atoms with Crippen molar-refractivity contribution in [3.05, 3.63) is 62.1 Å². The minimum atomic E-state index is -0.487. The van der Waals surface area contributed by atoms with Crippen molar-refractivity contribution in [1.29, 1.82) is 0 Å². The van der Waals surface area contributed by atoms with Crippen molar-refractivity contribution in [2.24, 2.45) is 4.99 Å². The van der Waals surface area contributed by atoms with Crippen molar-refractivity contribution in [2.45, 2.75) is 6.92 Å². The number of aromatic hydroxyl groups is 1. The lowest BCUT2D eigenvalue weighted by molar-refractivity contribution is -0.384. The Bertz CT molecular complexity index is 699. The van der Waals surface area contributed by atoms with E-state index < -0.39 is 4.92 Å². The fourth-order valence-corrected chi connectivity index (χ4v) is 2.32. The number of nitro benzene ring substituents is 1. The second kappa shape index (κ2) is 5.83. The van der Waals surface area contributed by atoms with E-state index >= 15 is 0 Å². The Morgan fingerprint density at radius 1 is 1.35 bits per heavy atom. The second-order valence-corrected chi connectivity index (χ2v) is 5.04. The van der Waals surface area contributed by atoms with Crippen LogP contribution in [0.25, 0.3) is 0 Å². The maximum absolute atomic E-state index is 10.9. The Morgan fingerprint density at radius 2 is 2.05 bits per heavy atom. The minimum Gasteiger partial charge on any atom is -0.506 e. The van der Waals surface area contributed by atoms with E-state index in [4.69, 9.17) is 0 Å². The van der Waals surface area contributed by atoms with Crippen LogP contribution in [0, 0.1) is 17.0 Å². The molecule has 6 heteroatoms. The highest BCUT2D eigenvalue weighted by Crippen LogP contribution is 2.30. The smallest absolute Gasteiger partial charge is 0.294 e. The number of benzene rings is 2. The molecule has 0 radical (unpaired) electrons. The highest BCUT2D eigenvalue weighted by atomic mass is 79.9. The van der Waals surface area contributed by atoms with Gasteiger partial charge in [-0.3, -0.25) is 10.1 Å². The molecule has 0 unspecified atom stereocenters. The summed E-state index contributed by atoms with van der Waals surface area (Å²) in [5.41, 5.74) is 1.61. The molecule has 0 spiro atoms. The van der Waals surface area contributed by atoms with Crippen molar-refractivity contribution in [1.82, 2.24) is 0 Å². The Morgan fingerprint density at radius 3 is 2.75 bits per heavy atom. The molecule has 0 bridgehead atoms. The van der Waals surface area contributed by atoms with Crippen molar-refractivity contribution in [3.8, 4) is 5.75 Å². The van der Waals surface area contributed by atoms with Gasteiger partial charge in [0.1, 0.15) is 11.4 Å². The quantitative estimate of drug-likeness (QED) is 0.521. The molecular formula is C14H11BrN2O3. The number of para-hydroxylation sites is 2. The predicted molar refractivity (Wildman–Crippen MR) is 80.9 cm³/mol. The SMILES string of the molecule is Cc1cc(Br)c(O)c(C=Nc2ccccc2[N+](=O)[O-])c1. The van der Waals surface area contributed by atoms with Crippen LogP contribution in [0.2, 0.25) is 0 Å². The highest BCUT2D eigenvalue weighted by Gasteiger charge is 2.11. The Balaban J connectivity index is 2.42. The molecule has 5 nitrogen and oxygen atoms in total.